The van der Waals surface area contributed by atoms with Gasteiger partial charge in [-0.05, 0) is 25.1 Å². The number of carbonyl (C=O) groups excluding carboxylic acids is 3. The summed E-state index contributed by atoms with van der Waals surface area (Å²) in [6, 6.07) is 4.47. The van der Waals surface area contributed by atoms with Crippen molar-refractivity contribution < 1.29 is 23.5 Å². The van der Waals surface area contributed by atoms with Crippen LogP contribution in [-0.2, 0) is 34.0 Å². The molecule has 3 heterocycles. The van der Waals surface area contributed by atoms with Gasteiger partial charge in [-0.2, -0.15) is 5.10 Å². The Bertz CT molecular complexity index is 1090. The molecule has 162 valence electrons. The quantitative estimate of drug-likeness (QED) is 0.781. The predicted octanol–water partition coefficient (Wildman–Crippen LogP) is 1.74. The average Bonchev–Trinajstić information content (AvgIpc) is 2.97. The third-order valence-corrected chi connectivity index (χ3v) is 5.93. The molecule has 5 rings (SSSR count). The van der Waals surface area contributed by atoms with Crippen molar-refractivity contribution in [3.8, 4) is 0 Å². The number of nitrogens with zero attached hydrogens (tertiary/aromatic N) is 4. The average molecular weight is 427 g/mol. The van der Waals surface area contributed by atoms with Crippen molar-refractivity contribution in [3.05, 3.63) is 41.5 Å². The zero-order chi connectivity index (χ0) is 21.9. The normalized spacial score (nSPS) is 23.8. The summed E-state index contributed by atoms with van der Waals surface area (Å²) < 4.78 is 22.1. The number of ether oxygens (including phenoxy) is 1. The standard InChI is InChI=1S/C21H22FN5O4/c1-12(28)7-26-9-14-8-25(10-17(14)24-26)18-4-3-15(5-16(18)22)27-11-21(31-20(27)30)6-19(21)23-13(2)29/h3-5,9,19H,6-8,10-11H2,1-2H3,(H,23,29)/t19?,21-/m0/s1. The molecule has 2 aliphatic heterocycles. The Morgan fingerprint density at radius 3 is 2.81 bits per heavy atom. The van der Waals surface area contributed by atoms with Crippen LogP contribution in [0.1, 0.15) is 31.5 Å². The number of anilines is 2. The van der Waals surface area contributed by atoms with Crippen LogP contribution in [0.15, 0.2) is 24.4 Å². The lowest BCUT2D eigenvalue weighted by molar-refractivity contribution is -0.119. The van der Waals surface area contributed by atoms with Crippen LogP contribution in [0.4, 0.5) is 20.6 Å². The van der Waals surface area contributed by atoms with Crippen LogP contribution in [0.2, 0.25) is 0 Å². The van der Waals surface area contributed by atoms with Gasteiger partial charge in [-0.1, -0.05) is 0 Å². The van der Waals surface area contributed by atoms with Gasteiger partial charge >= 0.3 is 6.09 Å². The second-order valence-electron chi connectivity index (χ2n) is 8.47. The highest BCUT2D eigenvalue weighted by molar-refractivity contribution is 5.91. The van der Waals surface area contributed by atoms with Gasteiger partial charge in [0.25, 0.3) is 0 Å². The Hall–Kier alpha value is -3.43. The Morgan fingerprint density at radius 2 is 2.13 bits per heavy atom. The lowest BCUT2D eigenvalue weighted by atomic mass is 10.2. The zero-order valence-corrected chi connectivity index (χ0v) is 17.2. The minimum atomic E-state index is -0.722. The van der Waals surface area contributed by atoms with Crippen LogP contribution in [0.25, 0.3) is 0 Å². The first kappa shape index (κ1) is 19.5. The first-order valence-electron chi connectivity index (χ1n) is 10.1. The SMILES string of the molecule is CC(=O)Cn1cc2c(n1)CN(c1ccc(N3C[C@]4(CC4NC(C)=O)OC3=O)cc1F)C2. The van der Waals surface area contributed by atoms with Gasteiger partial charge in [0.2, 0.25) is 5.91 Å². The minimum absolute atomic E-state index is 0.0245. The summed E-state index contributed by atoms with van der Waals surface area (Å²) in [5.41, 5.74) is 1.91. The zero-order valence-electron chi connectivity index (χ0n) is 17.2. The third-order valence-electron chi connectivity index (χ3n) is 5.93. The molecule has 1 aliphatic carbocycles. The van der Waals surface area contributed by atoms with Crippen LogP contribution in [0.3, 0.4) is 0 Å². The maximum Gasteiger partial charge on any atom is 0.415 e. The number of hydrogen-bond acceptors (Lipinski definition) is 6. The van der Waals surface area contributed by atoms with Crippen LogP contribution in [-0.4, -0.2) is 45.8 Å². The van der Waals surface area contributed by atoms with E-state index in [-0.39, 0.29) is 30.8 Å². The summed E-state index contributed by atoms with van der Waals surface area (Å²) in [6.45, 7) is 4.38. The minimum Gasteiger partial charge on any atom is -0.438 e. The van der Waals surface area contributed by atoms with Crippen molar-refractivity contribution in [1.82, 2.24) is 15.1 Å². The molecule has 2 aromatic rings. The monoisotopic (exact) mass is 427 g/mol. The fourth-order valence-electron chi connectivity index (χ4n) is 4.40. The number of rotatable bonds is 5. The van der Waals surface area contributed by atoms with Gasteiger partial charge in [-0.25, -0.2) is 9.18 Å². The van der Waals surface area contributed by atoms with Gasteiger partial charge in [0.05, 0.1) is 42.7 Å². The number of aromatic nitrogens is 2. The molecule has 2 atom stereocenters. The van der Waals surface area contributed by atoms with Crippen LogP contribution < -0.4 is 15.1 Å². The van der Waals surface area contributed by atoms with E-state index in [9.17, 15) is 18.8 Å². The maximum absolute atomic E-state index is 15.0. The lowest BCUT2D eigenvalue weighted by Crippen LogP contribution is -2.33. The van der Waals surface area contributed by atoms with E-state index in [4.69, 9.17) is 4.74 Å². The van der Waals surface area contributed by atoms with Crippen LogP contribution in [0.5, 0.6) is 0 Å². The molecular formula is C21H22FN5O4. The number of nitrogens with one attached hydrogen (secondary N) is 1. The summed E-state index contributed by atoms with van der Waals surface area (Å²) >= 11 is 0. The Labute approximate surface area is 177 Å². The fourth-order valence-corrected chi connectivity index (χ4v) is 4.40. The number of fused-ring (bicyclic) bond motifs is 1. The van der Waals surface area contributed by atoms with Gasteiger partial charge in [0, 0.05) is 31.6 Å². The summed E-state index contributed by atoms with van der Waals surface area (Å²) in [4.78, 5) is 38.2. The summed E-state index contributed by atoms with van der Waals surface area (Å²) in [7, 11) is 0. The van der Waals surface area contributed by atoms with Crippen molar-refractivity contribution in [2.45, 2.75) is 51.5 Å². The summed E-state index contributed by atoms with van der Waals surface area (Å²) in [6.07, 6.45) is 1.84. The number of amides is 2. The van der Waals surface area contributed by atoms with Crippen molar-refractivity contribution in [2.75, 3.05) is 16.3 Å². The maximum atomic E-state index is 15.0. The second-order valence-corrected chi connectivity index (χ2v) is 8.47. The summed E-state index contributed by atoms with van der Waals surface area (Å²) in [5.74, 6) is -0.593. The fraction of sp³-hybridized carbons (Fsp3) is 0.429. The number of halogens is 1. The molecule has 1 saturated carbocycles. The van der Waals surface area contributed by atoms with E-state index in [0.717, 1.165) is 11.3 Å². The first-order chi connectivity index (χ1) is 14.7. The van der Waals surface area contributed by atoms with Gasteiger partial charge < -0.3 is 15.0 Å². The molecule has 2 fully saturated rings. The highest BCUT2D eigenvalue weighted by Crippen LogP contribution is 2.46. The van der Waals surface area contributed by atoms with Gasteiger partial charge in [0.15, 0.2) is 11.4 Å². The van der Waals surface area contributed by atoms with E-state index in [1.807, 2.05) is 11.1 Å². The molecule has 0 radical (unpaired) electrons. The predicted molar refractivity (Wildman–Crippen MR) is 108 cm³/mol. The Kier molecular flexibility index (Phi) is 4.28. The molecule has 0 bridgehead atoms. The van der Waals surface area contributed by atoms with E-state index < -0.39 is 17.5 Å². The molecule has 10 heteroatoms. The highest BCUT2D eigenvalue weighted by atomic mass is 19.1. The van der Waals surface area contributed by atoms with Crippen molar-refractivity contribution in [3.63, 3.8) is 0 Å². The summed E-state index contributed by atoms with van der Waals surface area (Å²) in [5, 5.41) is 7.18. The Morgan fingerprint density at radius 1 is 1.32 bits per heavy atom. The molecule has 2 amide bonds. The molecule has 31 heavy (non-hydrogen) atoms. The number of hydrogen-bond donors (Lipinski definition) is 1. The molecule has 1 unspecified atom stereocenters. The van der Waals surface area contributed by atoms with Crippen LogP contribution in [0, 0.1) is 5.82 Å². The van der Waals surface area contributed by atoms with E-state index in [1.54, 1.807) is 16.8 Å². The molecule has 1 aromatic carbocycles. The molecular weight excluding hydrogens is 405 g/mol. The van der Waals surface area contributed by atoms with E-state index in [1.165, 1.54) is 24.8 Å². The molecule has 1 saturated heterocycles. The van der Waals surface area contributed by atoms with Gasteiger partial charge in [-0.3, -0.25) is 19.2 Å². The Balaban J connectivity index is 1.29. The van der Waals surface area contributed by atoms with Crippen molar-refractivity contribution in [2.24, 2.45) is 0 Å². The van der Waals surface area contributed by atoms with Crippen LogP contribution >= 0.6 is 0 Å². The third kappa shape index (κ3) is 3.41. The number of ketones is 1. The number of Topliss-reactive ketones (excluding diaryl/α,β-unsaturated/α-hetero) is 1. The second kappa shape index (κ2) is 6.79. The first-order valence-corrected chi connectivity index (χ1v) is 10.1. The van der Waals surface area contributed by atoms with E-state index in [0.29, 0.717) is 30.9 Å². The smallest absolute Gasteiger partial charge is 0.415 e. The lowest BCUT2D eigenvalue weighted by Gasteiger charge is -2.21. The van der Waals surface area contributed by atoms with Gasteiger partial charge in [-0.15, -0.1) is 0 Å². The molecule has 1 aromatic heterocycles. The highest BCUT2D eigenvalue weighted by Gasteiger charge is 2.64. The molecule has 1 N–H and O–H groups in total. The number of benzene rings is 1. The van der Waals surface area contributed by atoms with Crippen molar-refractivity contribution in [1.29, 1.82) is 0 Å². The van der Waals surface area contributed by atoms with E-state index >= 15 is 0 Å². The topological polar surface area (TPSA) is 96.8 Å². The van der Waals surface area contributed by atoms with E-state index in [2.05, 4.69) is 10.4 Å². The molecule has 3 aliphatic rings. The number of carbonyl (C=O) groups is 3. The van der Waals surface area contributed by atoms with Gasteiger partial charge in [0.1, 0.15) is 5.82 Å². The molecule has 1 spiro atoms. The largest absolute Gasteiger partial charge is 0.438 e. The van der Waals surface area contributed by atoms with Crippen molar-refractivity contribution >= 4 is 29.2 Å². The molecule has 9 nitrogen and oxygen atoms in total.